The van der Waals surface area contributed by atoms with E-state index in [4.69, 9.17) is 0 Å². The number of carbonyl (C=O) groups excluding carboxylic acids is 1. The topological polar surface area (TPSA) is 66.5 Å². The van der Waals surface area contributed by atoms with Crippen LogP contribution in [0.4, 0.5) is 32.0 Å². The molecule has 0 radical (unpaired) electrons. The number of hydrogen-bond donors (Lipinski definition) is 1. The van der Waals surface area contributed by atoms with Gasteiger partial charge in [0, 0.05) is 30.3 Å². The number of anilines is 1. The number of alkyl halides is 6. The molecule has 0 aliphatic carbocycles. The van der Waals surface area contributed by atoms with Crippen molar-refractivity contribution in [3.63, 3.8) is 0 Å². The fraction of sp³-hybridized carbons (Fsp3) is 0.321. The van der Waals surface area contributed by atoms with Crippen LogP contribution in [0.1, 0.15) is 46.3 Å². The van der Waals surface area contributed by atoms with E-state index in [0.29, 0.717) is 11.1 Å². The zero-order chi connectivity index (χ0) is 29.3. The van der Waals surface area contributed by atoms with E-state index in [0.717, 1.165) is 17.0 Å². The summed E-state index contributed by atoms with van der Waals surface area (Å²) in [6, 6.07) is 14.1. The highest BCUT2D eigenvalue weighted by molar-refractivity contribution is 7.91. The number of benzene rings is 3. The van der Waals surface area contributed by atoms with Crippen LogP contribution in [0, 0.1) is 0 Å². The van der Waals surface area contributed by atoms with Crippen LogP contribution in [-0.2, 0) is 22.6 Å². The van der Waals surface area contributed by atoms with Gasteiger partial charge in [-0.2, -0.15) is 26.3 Å². The molecular formula is C28H26F6N2O3S. The molecule has 3 aromatic rings. The second-order valence-corrected chi connectivity index (χ2v) is 11.8. The van der Waals surface area contributed by atoms with Crippen molar-refractivity contribution in [3.05, 3.63) is 95.1 Å². The Morgan fingerprint density at radius 3 is 2.02 bits per heavy atom. The maximum atomic E-state index is 13.9. The highest BCUT2D eigenvalue weighted by Gasteiger charge is 2.49. The van der Waals surface area contributed by atoms with E-state index in [1.54, 1.807) is 19.1 Å². The summed E-state index contributed by atoms with van der Waals surface area (Å²) in [7, 11) is -3.34. The summed E-state index contributed by atoms with van der Waals surface area (Å²) in [6.07, 6.45) is -9.41. The second kappa shape index (κ2) is 11.1. The third-order valence-electron chi connectivity index (χ3n) is 6.97. The lowest BCUT2D eigenvalue weighted by atomic mass is 9.95. The van der Waals surface area contributed by atoms with Crippen molar-refractivity contribution in [2.45, 2.75) is 49.1 Å². The van der Waals surface area contributed by atoms with Gasteiger partial charge in [0.25, 0.3) is 5.91 Å². The maximum absolute atomic E-state index is 13.9. The van der Waals surface area contributed by atoms with Gasteiger partial charge in [0.2, 0.25) is 0 Å². The molecule has 1 heterocycles. The lowest BCUT2D eigenvalue weighted by Crippen LogP contribution is -2.41. The Bertz CT molecular complexity index is 1440. The van der Waals surface area contributed by atoms with Crippen molar-refractivity contribution < 1.29 is 39.6 Å². The number of nitrogens with one attached hydrogen (secondary N) is 1. The summed E-state index contributed by atoms with van der Waals surface area (Å²) in [6.45, 7) is 1.61. The van der Waals surface area contributed by atoms with Crippen LogP contribution in [-0.4, -0.2) is 38.8 Å². The van der Waals surface area contributed by atoms with Gasteiger partial charge < -0.3 is 10.2 Å². The number of halogens is 6. The predicted molar refractivity (Wildman–Crippen MR) is 138 cm³/mol. The highest BCUT2D eigenvalue weighted by Crippen LogP contribution is 2.42. The second-order valence-electron chi connectivity index (χ2n) is 9.54. The van der Waals surface area contributed by atoms with Crippen molar-refractivity contribution >= 4 is 21.4 Å². The summed E-state index contributed by atoms with van der Waals surface area (Å²) >= 11 is 0. The Labute approximate surface area is 227 Å². The summed E-state index contributed by atoms with van der Waals surface area (Å²) < 4.78 is 104. The van der Waals surface area contributed by atoms with Gasteiger partial charge in [-0.25, -0.2) is 8.42 Å². The van der Waals surface area contributed by atoms with Gasteiger partial charge in [0.15, 0.2) is 9.84 Å². The first kappa shape index (κ1) is 29.4. The first-order valence-electron chi connectivity index (χ1n) is 12.4. The molecule has 1 amide bonds. The number of amides is 1. The average molecular weight is 585 g/mol. The van der Waals surface area contributed by atoms with Crippen molar-refractivity contribution in [1.82, 2.24) is 5.32 Å². The van der Waals surface area contributed by atoms with E-state index in [2.05, 4.69) is 5.32 Å². The number of rotatable bonds is 7. The number of nitrogens with zero attached hydrogens (tertiary/aromatic N) is 1. The Morgan fingerprint density at radius 2 is 1.50 bits per heavy atom. The molecular weight excluding hydrogens is 558 g/mol. The minimum Gasteiger partial charge on any atom is -0.359 e. The van der Waals surface area contributed by atoms with E-state index >= 15 is 0 Å². The molecule has 3 aromatic carbocycles. The fourth-order valence-corrected chi connectivity index (χ4v) is 5.57. The molecule has 1 saturated heterocycles. The SMILES string of the molecule is CCS(=O)(=O)c1ccc(CNC(=O)c2ccc(N3CC(c4ccc(C(F)(F)F)cc4)C[C@H]3C(F)(F)F)cc2)cc1. The van der Waals surface area contributed by atoms with Gasteiger partial charge in [-0.05, 0) is 66.1 Å². The number of sulfone groups is 1. The van der Waals surface area contributed by atoms with Gasteiger partial charge in [-0.1, -0.05) is 31.2 Å². The van der Waals surface area contributed by atoms with Crippen molar-refractivity contribution in [1.29, 1.82) is 0 Å². The number of carbonyl (C=O) groups is 1. The van der Waals surface area contributed by atoms with Crippen molar-refractivity contribution in [2.75, 3.05) is 17.2 Å². The monoisotopic (exact) mass is 584 g/mol. The normalized spacial score (nSPS) is 18.1. The smallest absolute Gasteiger partial charge is 0.359 e. The summed E-state index contributed by atoms with van der Waals surface area (Å²) in [4.78, 5) is 13.9. The summed E-state index contributed by atoms with van der Waals surface area (Å²) in [5.41, 5.74) is 0.645. The quantitative estimate of drug-likeness (QED) is 0.329. The lowest BCUT2D eigenvalue weighted by molar-refractivity contribution is -0.146. The predicted octanol–water partition coefficient (Wildman–Crippen LogP) is 6.35. The molecule has 40 heavy (non-hydrogen) atoms. The standard InChI is InChI=1S/C28H26F6N2O3S/c1-2-40(38,39)24-13-3-18(4-14-24)16-35-26(37)20-7-11-23(12-8-20)36-17-21(15-25(36)28(32,33)34)19-5-9-22(10-6-19)27(29,30)31/h3-14,21,25H,2,15-17H2,1H3,(H,35,37)/t21?,25-/m0/s1. The van der Waals surface area contributed by atoms with Crippen molar-refractivity contribution in [2.24, 2.45) is 0 Å². The van der Waals surface area contributed by atoms with Crippen LogP contribution < -0.4 is 10.2 Å². The van der Waals surface area contributed by atoms with Crippen LogP contribution in [0.2, 0.25) is 0 Å². The van der Waals surface area contributed by atoms with Crippen LogP contribution in [0.3, 0.4) is 0 Å². The van der Waals surface area contributed by atoms with E-state index in [-0.39, 0.29) is 41.4 Å². The maximum Gasteiger partial charge on any atom is 0.416 e. The van der Waals surface area contributed by atoms with Gasteiger partial charge in [-0.3, -0.25) is 4.79 Å². The molecule has 1 aliphatic rings. The molecule has 1 aliphatic heterocycles. The van der Waals surface area contributed by atoms with E-state index in [9.17, 15) is 39.6 Å². The van der Waals surface area contributed by atoms with Gasteiger partial charge in [0.1, 0.15) is 6.04 Å². The molecule has 12 heteroatoms. The van der Waals surface area contributed by atoms with E-state index in [1.165, 1.54) is 48.5 Å². The number of hydrogen-bond acceptors (Lipinski definition) is 4. The zero-order valence-corrected chi connectivity index (χ0v) is 22.1. The summed E-state index contributed by atoms with van der Waals surface area (Å²) in [5.74, 6) is -1.13. The molecule has 2 atom stereocenters. The molecule has 0 spiro atoms. The summed E-state index contributed by atoms with van der Waals surface area (Å²) in [5, 5.41) is 2.69. The van der Waals surface area contributed by atoms with Crippen LogP contribution in [0.25, 0.3) is 0 Å². The van der Waals surface area contributed by atoms with Crippen LogP contribution in [0.5, 0.6) is 0 Å². The zero-order valence-electron chi connectivity index (χ0n) is 21.3. The third-order valence-corrected chi connectivity index (χ3v) is 8.72. The first-order valence-corrected chi connectivity index (χ1v) is 14.0. The first-order chi connectivity index (χ1) is 18.7. The van der Waals surface area contributed by atoms with Crippen LogP contribution in [0.15, 0.2) is 77.7 Å². The Morgan fingerprint density at radius 1 is 0.900 bits per heavy atom. The van der Waals surface area contributed by atoms with Crippen molar-refractivity contribution in [3.8, 4) is 0 Å². The highest BCUT2D eigenvalue weighted by atomic mass is 32.2. The van der Waals surface area contributed by atoms with Gasteiger partial charge in [-0.15, -0.1) is 0 Å². The third kappa shape index (κ3) is 6.60. The molecule has 1 N–H and O–H groups in total. The van der Waals surface area contributed by atoms with Gasteiger partial charge in [0.05, 0.1) is 16.2 Å². The van der Waals surface area contributed by atoms with Gasteiger partial charge >= 0.3 is 12.4 Å². The Kier molecular flexibility index (Phi) is 8.21. The van der Waals surface area contributed by atoms with E-state index in [1.807, 2.05) is 0 Å². The lowest BCUT2D eigenvalue weighted by Gasteiger charge is -2.28. The molecule has 0 saturated carbocycles. The molecule has 5 nitrogen and oxygen atoms in total. The molecule has 0 aromatic heterocycles. The molecule has 4 rings (SSSR count). The Hall–Kier alpha value is -3.54. The Balaban J connectivity index is 1.44. The molecule has 0 bridgehead atoms. The largest absolute Gasteiger partial charge is 0.416 e. The molecule has 1 fully saturated rings. The minimum absolute atomic E-state index is 0.0318. The average Bonchev–Trinajstić information content (AvgIpc) is 3.38. The fourth-order valence-electron chi connectivity index (χ4n) is 4.69. The molecule has 214 valence electrons. The minimum atomic E-state index is -4.57. The van der Waals surface area contributed by atoms with Crippen LogP contribution >= 0.6 is 0 Å². The van der Waals surface area contributed by atoms with E-state index < -0.39 is 45.6 Å². The molecule has 1 unspecified atom stereocenters.